The molecule has 1 amide bonds. The van der Waals surface area contributed by atoms with E-state index < -0.39 is 23.7 Å². The minimum absolute atomic E-state index is 0.0987. The van der Waals surface area contributed by atoms with Gasteiger partial charge in [-0.15, -0.1) is 0 Å². The van der Waals surface area contributed by atoms with Crippen LogP contribution in [-0.2, 0) is 20.9 Å². The number of amides is 1. The maximum Gasteiger partial charge on any atom is 0.415 e. The molecule has 0 unspecified atom stereocenters. The number of nitrogens with zero attached hydrogens (tertiary/aromatic N) is 2. The van der Waals surface area contributed by atoms with E-state index in [1.165, 1.54) is 29.4 Å². The highest BCUT2D eigenvalue weighted by Crippen LogP contribution is 2.21. The smallest absolute Gasteiger partial charge is 0.415 e. The van der Waals surface area contributed by atoms with Crippen molar-refractivity contribution < 1.29 is 23.8 Å². The Kier molecular flexibility index (Phi) is 6.39. The van der Waals surface area contributed by atoms with Crippen molar-refractivity contribution in [1.82, 2.24) is 0 Å². The molecule has 0 aliphatic rings. The van der Waals surface area contributed by atoms with Gasteiger partial charge >= 0.3 is 12.1 Å². The summed E-state index contributed by atoms with van der Waals surface area (Å²) in [6.07, 6.45) is 1.79. The van der Waals surface area contributed by atoms with E-state index in [4.69, 9.17) is 9.47 Å². The summed E-state index contributed by atoms with van der Waals surface area (Å²) in [5.74, 6) is -0.580. The van der Waals surface area contributed by atoms with Gasteiger partial charge in [0.25, 0.3) is 0 Å². The molecule has 27 heavy (non-hydrogen) atoms. The van der Waals surface area contributed by atoms with Crippen LogP contribution in [0.4, 0.5) is 10.5 Å². The van der Waals surface area contributed by atoms with E-state index in [9.17, 15) is 14.8 Å². The highest BCUT2D eigenvalue weighted by molar-refractivity contribution is 5.95. The highest BCUT2D eigenvalue weighted by atomic mass is 16.6. The summed E-state index contributed by atoms with van der Waals surface area (Å²) in [6.45, 7) is 6.85. The molecule has 1 atom stereocenters. The zero-order chi connectivity index (χ0) is 20.0. The molecule has 7 heteroatoms. The van der Waals surface area contributed by atoms with Crippen molar-refractivity contribution in [2.45, 2.75) is 45.9 Å². The van der Waals surface area contributed by atoms with Crippen molar-refractivity contribution in [3.8, 4) is 0 Å². The maximum atomic E-state index is 12.7. The molecule has 144 valence electrons. The summed E-state index contributed by atoms with van der Waals surface area (Å²) < 4.78 is 11.3. The predicted molar refractivity (Wildman–Crippen MR) is 99.8 cm³/mol. The van der Waals surface area contributed by atoms with Gasteiger partial charge in [-0.1, -0.05) is 30.3 Å². The second kappa shape index (κ2) is 8.53. The van der Waals surface area contributed by atoms with Gasteiger partial charge in [0, 0.05) is 12.1 Å². The van der Waals surface area contributed by atoms with Crippen molar-refractivity contribution in [1.29, 1.82) is 0 Å². The van der Waals surface area contributed by atoms with Gasteiger partial charge in [-0.25, -0.2) is 9.59 Å². The quantitative estimate of drug-likeness (QED) is 0.457. The molecule has 2 rings (SSSR count). The summed E-state index contributed by atoms with van der Waals surface area (Å²) in [7, 11) is 0. The molecule has 1 heterocycles. The van der Waals surface area contributed by atoms with Crippen LogP contribution in [0.25, 0.3) is 0 Å². The second-order valence-electron chi connectivity index (χ2n) is 7.04. The molecule has 1 aromatic heterocycles. The average Bonchev–Trinajstić information content (AvgIpc) is 2.60. The largest absolute Gasteiger partial charge is 0.619 e. The molecule has 0 saturated heterocycles. The Morgan fingerprint density at radius 2 is 1.70 bits per heavy atom. The number of pyridine rings is 1. The summed E-state index contributed by atoms with van der Waals surface area (Å²) in [4.78, 5) is 26.4. The highest BCUT2D eigenvalue weighted by Gasteiger charge is 2.32. The van der Waals surface area contributed by atoms with Crippen LogP contribution in [0.15, 0.2) is 54.9 Å². The SMILES string of the molecule is C[C@@H](C(=O)OCc1ccccc1)N(C(=O)OC(C)(C)C)c1cc[n+]([O-])cc1. The minimum Gasteiger partial charge on any atom is -0.619 e. The third-order valence-corrected chi connectivity index (χ3v) is 3.61. The van der Waals surface area contributed by atoms with Crippen LogP contribution >= 0.6 is 0 Å². The number of carbonyl (C=O) groups excluding carboxylic acids is 2. The number of anilines is 1. The van der Waals surface area contributed by atoms with Gasteiger partial charge < -0.3 is 14.7 Å². The lowest BCUT2D eigenvalue weighted by Gasteiger charge is -2.30. The summed E-state index contributed by atoms with van der Waals surface area (Å²) in [5, 5.41) is 11.3. The average molecular weight is 372 g/mol. The van der Waals surface area contributed by atoms with Crippen molar-refractivity contribution in [2.24, 2.45) is 0 Å². The van der Waals surface area contributed by atoms with Gasteiger partial charge in [-0.05, 0) is 33.3 Å². The van der Waals surface area contributed by atoms with Crippen molar-refractivity contribution in [3.63, 3.8) is 0 Å². The molecular weight excluding hydrogens is 348 g/mol. The van der Waals surface area contributed by atoms with Gasteiger partial charge in [0.2, 0.25) is 0 Å². The Morgan fingerprint density at radius 3 is 2.26 bits per heavy atom. The topological polar surface area (TPSA) is 82.8 Å². The van der Waals surface area contributed by atoms with Gasteiger partial charge in [-0.2, -0.15) is 4.73 Å². The lowest BCUT2D eigenvalue weighted by Crippen LogP contribution is -2.47. The zero-order valence-corrected chi connectivity index (χ0v) is 15.9. The fourth-order valence-electron chi connectivity index (χ4n) is 2.32. The van der Waals surface area contributed by atoms with Gasteiger partial charge in [0.05, 0.1) is 5.69 Å². The Balaban J connectivity index is 2.19. The van der Waals surface area contributed by atoms with Crippen LogP contribution in [0, 0.1) is 5.21 Å². The molecule has 0 spiro atoms. The molecule has 0 aliphatic carbocycles. The number of ether oxygens (including phenoxy) is 2. The van der Waals surface area contributed by atoms with Gasteiger partial charge in [-0.3, -0.25) is 4.90 Å². The van der Waals surface area contributed by atoms with Crippen LogP contribution in [0.5, 0.6) is 0 Å². The monoisotopic (exact) mass is 372 g/mol. The van der Waals surface area contributed by atoms with E-state index in [2.05, 4.69) is 0 Å². The normalized spacial score (nSPS) is 12.1. The minimum atomic E-state index is -0.939. The van der Waals surface area contributed by atoms with E-state index in [0.717, 1.165) is 5.56 Å². The molecular formula is C20H24N2O5. The molecule has 0 bridgehead atoms. The lowest BCUT2D eigenvalue weighted by molar-refractivity contribution is -0.605. The Bertz CT molecular complexity index is 769. The van der Waals surface area contributed by atoms with E-state index >= 15 is 0 Å². The Labute approximate surface area is 158 Å². The van der Waals surface area contributed by atoms with Crippen LogP contribution in [0.3, 0.4) is 0 Å². The number of aromatic nitrogens is 1. The Hall–Kier alpha value is -3.09. The molecule has 0 saturated carbocycles. The number of hydrogen-bond donors (Lipinski definition) is 0. The maximum absolute atomic E-state index is 12.7. The number of rotatable bonds is 5. The van der Waals surface area contributed by atoms with E-state index in [-0.39, 0.29) is 6.61 Å². The van der Waals surface area contributed by atoms with Crippen LogP contribution in [-0.4, -0.2) is 23.7 Å². The number of carbonyl (C=O) groups is 2. The molecule has 1 aromatic carbocycles. The predicted octanol–water partition coefficient (Wildman–Crippen LogP) is 3.19. The molecule has 7 nitrogen and oxygen atoms in total. The molecule has 2 aromatic rings. The fourth-order valence-corrected chi connectivity index (χ4v) is 2.32. The first-order valence-corrected chi connectivity index (χ1v) is 8.59. The number of esters is 1. The summed E-state index contributed by atoms with van der Waals surface area (Å²) >= 11 is 0. The zero-order valence-electron chi connectivity index (χ0n) is 15.9. The summed E-state index contributed by atoms with van der Waals surface area (Å²) in [5.41, 5.74) is 0.463. The Morgan fingerprint density at radius 1 is 1.11 bits per heavy atom. The van der Waals surface area contributed by atoms with Crippen LogP contribution < -0.4 is 9.63 Å². The first-order chi connectivity index (χ1) is 12.7. The van der Waals surface area contributed by atoms with Gasteiger partial charge in [0.1, 0.15) is 18.2 Å². The van der Waals surface area contributed by atoms with E-state index in [0.29, 0.717) is 10.4 Å². The standard InChI is InChI=1S/C20H24N2O5/c1-15(18(23)26-14-16-8-6-5-7-9-16)22(19(24)27-20(2,3)4)17-10-12-21(25)13-11-17/h5-13,15H,14H2,1-4H3/t15-/m0/s1. The third-order valence-electron chi connectivity index (χ3n) is 3.61. The fraction of sp³-hybridized carbons (Fsp3) is 0.350. The summed E-state index contributed by atoms with van der Waals surface area (Å²) in [6, 6.07) is 11.2. The molecule has 0 N–H and O–H groups in total. The molecule has 0 fully saturated rings. The second-order valence-corrected chi connectivity index (χ2v) is 7.04. The first kappa shape index (κ1) is 20.2. The van der Waals surface area contributed by atoms with E-state index in [1.54, 1.807) is 27.7 Å². The van der Waals surface area contributed by atoms with Crippen molar-refractivity contribution >= 4 is 17.7 Å². The first-order valence-electron chi connectivity index (χ1n) is 8.59. The van der Waals surface area contributed by atoms with Crippen LogP contribution in [0.2, 0.25) is 0 Å². The third kappa shape index (κ3) is 5.99. The van der Waals surface area contributed by atoms with Crippen molar-refractivity contribution in [2.75, 3.05) is 4.90 Å². The van der Waals surface area contributed by atoms with Crippen LogP contribution in [0.1, 0.15) is 33.3 Å². The van der Waals surface area contributed by atoms with E-state index in [1.807, 2.05) is 30.3 Å². The van der Waals surface area contributed by atoms with Gasteiger partial charge in [0.15, 0.2) is 12.4 Å². The lowest BCUT2D eigenvalue weighted by atomic mass is 10.2. The number of hydrogen-bond acceptors (Lipinski definition) is 5. The molecule has 0 aliphatic heterocycles. The molecule has 0 radical (unpaired) electrons. The number of benzene rings is 1. The van der Waals surface area contributed by atoms with Crippen molar-refractivity contribution in [3.05, 3.63) is 65.6 Å².